The summed E-state index contributed by atoms with van der Waals surface area (Å²) in [7, 11) is -3.93. The van der Waals surface area contributed by atoms with Gasteiger partial charge in [0.15, 0.2) is 0 Å². The Morgan fingerprint density at radius 1 is 1.30 bits per heavy atom. The number of piperidine rings is 1. The standard InChI is InChI=1S/C13H17F2NO3S/c1-9(17)10-3-2-4-16(8-10)20(18,19)13-6-11(14)5-12(15)7-13/h5-7,9-10,17H,2-4,8H2,1H3. The van der Waals surface area contributed by atoms with E-state index in [2.05, 4.69) is 0 Å². The fraction of sp³-hybridized carbons (Fsp3) is 0.538. The number of halogens is 2. The van der Waals surface area contributed by atoms with Crippen molar-refractivity contribution in [3.8, 4) is 0 Å². The maximum Gasteiger partial charge on any atom is 0.243 e. The third-order valence-electron chi connectivity index (χ3n) is 3.58. The minimum atomic E-state index is -3.93. The maximum absolute atomic E-state index is 13.2. The Balaban J connectivity index is 2.30. The molecule has 0 amide bonds. The van der Waals surface area contributed by atoms with Gasteiger partial charge >= 0.3 is 0 Å². The lowest BCUT2D eigenvalue weighted by Crippen LogP contribution is -2.42. The van der Waals surface area contributed by atoms with Crippen molar-refractivity contribution in [1.82, 2.24) is 4.31 Å². The lowest BCUT2D eigenvalue weighted by atomic mass is 9.95. The van der Waals surface area contributed by atoms with Crippen LogP contribution in [0.4, 0.5) is 8.78 Å². The van der Waals surface area contributed by atoms with Crippen LogP contribution in [-0.4, -0.2) is 37.0 Å². The van der Waals surface area contributed by atoms with E-state index in [4.69, 9.17) is 0 Å². The van der Waals surface area contributed by atoms with E-state index >= 15 is 0 Å². The third kappa shape index (κ3) is 3.16. The topological polar surface area (TPSA) is 57.6 Å². The second-order valence-electron chi connectivity index (χ2n) is 5.11. The second-order valence-corrected chi connectivity index (χ2v) is 7.05. The molecule has 0 saturated carbocycles. The van der Waals surface area contributed by atoms with Crippen molar-refractivity contribution in [1.29, 1.82) is 0 Å². The van der Waals surface area contributed by atoms with Gasteiger partial charge in [-0.2, -0.15) is 4.31 Å². The second kappa shape index (κ2) is 5.75. The molecule has 20 heavy (non-hydrogen) atoms. The molecule has 0 aromatic heterocycles. The number of hydrogen-bond donors (Lipinski definition) is 1. The number of benzene rings is 1. The number of rotatable bonds is 3. The number of aliphatic hydroxyl groups is 1. The van der Waals surface area contributed by atoms with Crippen LogP contribution in [0, 0.1) is 17.6 Å². The summed E-state index contributed by atoms with van der Waals surface area (Å²) in [4.78, 5) is -0.388. The fourth-order valence-corrected chi connectivity index (χ4v) is 3.99. The van der Waals surface area contributed by atoms with Crippen molar-refractivity contribution in [2.45, 2.75) is 30.8 Å². The van der Waals surface area contributed by atoms with E-state index in [9.17, 15) is 22.3 Å². The van der Waals surface area contributed by atoms with Gasteiger partial charge < -0.3 is 5.11 Å². The first kappa shape index (κ1) is 15.3. The normalized spacial score (nSPS) is 22.7. The van der Waals surface area contributed by atoms with Crippen LogP contribution >= 0.6 is 0 Å². The molecule has 1 N–H and O–H groups in total. The molecule has 0 bridgehead atoms. The Bertz CT molecular complexity index is 569. The van der Waals surface area contributed by atoms with Crippen molar-refractivity contribution >= 4 is 10.0 Å². The molecule has 1 aromatic rings. The minimum Gasteiger partial charge on any atom is -0.393 e. The van der Waals surface area contributed by atoms with E-state index in [0.717, 1.165) is 18.6 Å². The Hall–Kier alpha value is -1.05. The first-order valence-corrected chi connectivity index (χ1v) is 7.89. The van der Waals surface area contributed by atoms with Crippen LogP contribution in [0.3, 0.4) is 0 Å². The zero-order valence-corrected chi connectivity index (χ0v) is 11.9. The molecular weight excluding hydrogens is 288 g/mol. The summed E-state index contributed by atoms with van der Waals surface area (Å²) in [6.07, 6.45) is 0.741. The average molecular weight is 305 g/mol. The van der Waals surface area contributed by atoms with Gasteiger partial charge in [0.1, 0.15) is 11.6 Å². The molecule has 2 unspecified atom stereocenters. The molecule has 0 radical (unpaired) electrons. The molecule has 112 valence electrons. The van der Waals surface area contributed by atoms with Crippen molar-refractivity contribution in [3.05, 3.63) is 29.8 Å². The Morgan fingerprint density at radius 3 is 2.45 bits per heavy atom. The lowest BCUT2D eigenvalue weighted by molar-refractivity contribution is 0.0885. The van der Waals surface area contributed by atoms with E-state index in [0.29, 0.717) is 19.0 Å². The van der Waals surface area contributed by atoms with E-state index < -0.39 is 27.8 Å². The molecule has 4 nitrogen and oxygen atoms in total. The Labute approximate surface area is 117 Å². The van der Waals surface area contributed by atoms with Gasteiger partial charge in [-0.05, 0) is 37.8 Å². The van der Waals surface area contributed by atoms with Crippen LogP contribution in [0.15, 0.2) is 23.1 Å². The molecule has 2 rings (SSSR count). The van der Waals surface area contributed by atoms with Crippen LogP contribution in [0.1, 0.15) is 19.8 Å². The van der Waals surface area contributed by atoms with Gasteiger partial charge in [0, 0.05) is 19.2 Å². The first-order valence-electron chi connectivity index (χ1n) is 6.45. The van der Waals surface area contributed by atoms with E-state index in [-0.39, 0.29) is 17.4 Å². The van der Waals surface area contributed by atoms with Gasteiger partial charge in [-0.25, -0.2) is 17.2 Å². The molecule has 0 spiro atoms. The zero-order chi connectivity index (χ0) is 14.9. The number of aliphatic hydroxyl groups excluding tert-OH is 1. The molecule has 1 aliphatic heterocycles. The molecule has 7 heteroatoms. The van der Waals surface area contributed by atoms with Crippen LogP contribution < -0.4 is 0 Å². The van der Waals surface area contributed by atoms with E-state index in [1.54, 1.807) is 6.92 Å². The summed E-state index contributed by atoms with van der Waals surface area (Å²) in [6, 6.07) is 2.25. The van der Waals surface area contributed by atoms with Gasteiger partial charge in [-0.1, -0.05) is 0 Å². The lowest BCUT2D eigenvalue weighted by Gasteiger charge is -2.33. The number of nitrogens with zero attached hydrogens (tertiary/aromatic N) is 1. The summed E-state index contributed by atoms with van der Waals surface area (Å²) in [5.74, 6) is -2.00. The van der Waals surface area contributed by atoms with Gasteiger partial charge in [0.05, 0.1) is 11.0 Å². The summed E-state index contributed by atoms with van der Waals surface area (Å²) in [5, 5.41) is 9.58. The Morgan fingerprint density at radius 2 is 1.90 bits per heavy atom. The molecule has 1 fully saturated rings. The highest BCUT2D eigenvalue weighted by molar-refractivity contribution is 7.89. The maximum atomic E-state index is 13.2. The predicted octanol–water partition coefficient (Wildman–Crippen LogP) is 1.75. The number of hydrogen-bond acceptors (Lipinski definition) is 3. The van der Waals surface area contributed by atoms with Crippen LogP contribution in [0.2, 0.25) is 0 Å². The summed E-state index contributed by atoms with van der Waals surface area (Å²) in [5.41, 5.74) is 0. The van der Waals surface area contributed by atoms with E-state index in [1.807, 2.05) is 0 Å². The van der Waals surface area contributed by atoms with Gasteiger partial charge in [-0.15, -0.1) is 0 Å². The molecular formula is C13H17F2NO3S. The molecule has 1 heterocycles. The van der Waals surface area contributed by atoms with Gasteiger partial charge in [0.2, 0.25) is 10.0 Å². The molecule has 1 aliphatic rings. The van der Waals surface area contributed by atoms with Crippen LogP contribution in [0.5, 0.6) is 0 Å². The van der Waals surface area contributed by atoms with Crippen LogP contribution in [-0.2, 0) is 10.0 Å². The molecule has 2 atom stereocenters. The fourth-order valence-electron chi connectivity index (χ4n) is 2.41. The summed E-state index contributed by atoms with van der Waals surface area (Å²) < 4.78 is 52.3. The van der Waals surface area contributed by atoms with E-state index in [1.165, 1.54) is 4.31 Å². The molecule has 1 saturated heterocycles. The summed E-state index contributed by atoms with van der Waals surface area (Å²) in [6.45, 7) is 2.07. The largest absolute Gasteiger partial charge is 0.393 e. The van der Waals surface area contributed by atoms with Crippen molar-refractivity contribution < 1.29 is 22.3 Å². The molecule has 1 aromatic carbocycles. The first-order chi connectivity index (χ1) is 9.30. The van der Waals surface area contributed by atoms with Crippen molar-refractivity contribution in [3.63, 3.8) is 0 Å². The highest BCUT2D eigenvalue weighted by Crippen LogP contribution is 2.26. The summed E-state index contributed by atoms with van der Waals surface area (Å²) >= 11 is 0. The third-order valence-corrected chi connectivity index (χ3v) is 5.42. The Kier molecular flexibility index (Phi) is 4.41. The predicted molar refractivity (Wildman–Crippen MR) is 69.5 cm³/mol. The monoisotopic (exact) mass is 305 g/mol. The van der Waals surface area contributed by atoms with Crippen LogP contribution in [0.25, 0.3) is 0 Å². The average Bonchev–Trinajstić information content (AvgIpc) is 2.37. The van der Waals surface area contributed by atoms with Gasteiger partial charge in [0.25, 0.3) is 0 Å². The highest BCUT2D eigenvalue weighted by atomic mass is 32.2. The van der Waals surface area contributed by atoms with Crippen molar-refractivity contribution in [2.75, 3.05) is 13.1 Å². The quantitative estimate of drug-likeness (QED) is 0.925. The highest BCUT2D eigenvalue weighted by Gasteiger charge is 2.32. The molecule has 0 aliphatic carbocycles. The SMILES string of the molecule is CC(O)C1CCCN(S(=O)(=O)c2cc(F)cc(F)c2)C1. The van der Waals surface area contributed by atoms with Gasteiger partial charge in [-0.3, -0.25) is 0 Å². The smallest absolute Gasteiger partial charge is 0.243 e. The minimum absolute atomic E-state index is 0.156. The number of sulfonamides is 1. The zero-order valence-electron chi connectivity index (χ0n) is 11.1. The van der Waals surface area contributed by atoms with Crippen molar-refractivity contribution in [2.24, 2.45) is 5.92 Å².